The van der Waals surface area contributed by atoms with Crippen molar-refractivity contribution in [2.24, 2.45) is 5.92 Å². The maximum Gasteiger partial charge on any atom is 0.346 e. The number of nitriles is 2. The summed E-state index contributed by atoms with van der Waals surface area (Å²) in [6, 6.07) is 52.5. The lowest BCUT2D eigenvalue weighted by atomic mass is 9.96. The molecule has 0 amide bonds. The molecular formula is C98H105N7O5S6. The number of anilines is 3. The molecule has 0 saturated carbocycles. The third-order valence-electron chi connectivity index (χ3n) is 21.7. The van der Waals surface area contributed by atoms with E-state index < -0.39 is 11.9 Å². The van der Waals surface area contributed by atoms with E-state index >= 15 is 0 Å². The van der Waals surface area contributed by atoms with Crippen LogP contribution in [-0.2, 0) is 35.3 Å². The van der Waals surface area contributed by atoms with Gasteiger partial charge in [-0.1, -0.05) is 210 Å². The molecule has 1 atom stereocenters. The summed E-state index contributed by atoms with van der Waals surface area (Å²) in [6.07, 6.45) is 37.7. The molecule has 12 rings (SSSR count). The minimum Gasteiger partial charge on any atom is -0.492 e. The summed E-state index contributed by atoms with van der Waals surface area (Å²) in [5.74, 6) is -1.29. The lowest BCUT2D eigenvalue weighted by Crippen LogP contribution is -2.12. The van der Waals surface area contributed by atoms with E-state index in [0.29, 0.717) is 12.5 Å². The second kappa shape index (κ2) is 42.4. The van der Waals surface area contributed by atoms with Crippen LogP contribution in [0.5, 0.6) is 5.75 Å². The first-order valence-electron chi connectivity index (χ1n) is 41.6. The molecule has 6 aromatic carbocycles. The van der Waals surface area contributed by atoms with Crippen molar-refractivity contribution in [2.45, 2.75) is 209 Å². The third-order valence-corrected chi connectivity index (χ3v) is 27.4. The fraction of sp³-hybridized carbons (Fsp3) is 0.347. The van der Waals surface area contributed by atoms with Gasteiger partial charge in [0.1, 0.15) is 51.1 Å². The van der Waals surface area contributed by atoms with Crippen molar-refractivity contribution < 1.29 is 24.5 Å². The number of nitrogens with zero attached hydrogens (tertiary/aromatic N) is 7. The molecule has 0 bridgehead atoms. The van der Waals surface area contributed by atoms with Crippen molar-refractivity contribution in [3.63, 3.8) is 0 Å². The smallest absolute Gasteiger partial charge is 0.346 e. The molecule has 18 heteroatoms. The molecule has 0 aliphatic heterocycles. The highest BCUT2D eigenvalue weighted by molar-refractivity contribution is 7.18. The molecule has 12 aromatic rings. The Morgan fingerprint density at radius 1 is 0.440 bits per heavy atom. The normalized spacial score (nSPS) is 12.3. The summed E-state index contributed by atoms with van der Waals surface area (Å²) >= 11 is 9.01. The highest BCUT2D eigenvalue weighted by atomic mass is 32.1. The van der Waals surface area contributed by atoms with E-state index in [1.54, 1.807) is 22.7 Å². The van der Waals surface area contributed by atoms with Crippen molar-refractivity contribution in [3.05, 3.63) is 209 Å². The molecule has 0 aliphatic rings. The van der Waals surface area contributed by atoms with Crippen molar-refractivity contribution in [3.8, 4) is 70.8 Å². The first kappa shape index (κ1) is 85.6. The number of rotatable bonds is 43. The minimum absolute atomic E-state index is 0.295. The fourth-order valence-corrected chi connectivity index (χ4v) is 20.8. The minimum atomic E-state index is -1.24. The molecule has 6 heterocycles. The average Bonchev–Trinajstić information content (AvgIpc) is 1.59. The predicted molar refractivity (Wildman–Crippen MR) is 495 cm³/mol. The molecular weight excluding hydrogens is 1550 g/mol. The number of fused-ring (bicyclic) bond motifs is 2. The summed E-state index contributed by atoms with van der Waals surface area (Å²) in [7, 11) is 0. The standard InChI is InChI=1S/C98H105N7O5S6/c1-9-15-20-24-29-68-59-88(82-47-49-84(92-90(82)101-115-103-92)95-72(31-26-22-17-11-3)55-80(111-95)57-75(61-99)97(106)107)113-86(68)51-39-70-53-74(67-37-45-79(46-38-67)105(77-41-33-64(7)34-42-77)78-43-35-65(8)36-44-78)54-71(94(70)110-63-66(14-6)28-19-13-5)40-52-87-69(30-25-21-16-10-2)60-89(114-87)83-48-50-85(93-91(83)102-116-104-93)96-73(32-27-23-18-12-4)56-81(112-96)58-76(62-100)98(108)109/h33-60,66H,9-32,63H2,1-8H3,(H,106,107)(H,108,109)/b51-39+,52-40+,75-57-,76-58-. The number of hydrogen-bond acceptors (Lipinski definition) is 16. The molecule has 0 saturated heterocycles. The molecule has 6 aromatic heterocycles. The van der Waals surface area contributed by atoms with Gasteiger partial charge >= 0.3 is 11.9 Å². The van der Waals surface area contributed by atoms with Gasteiger partial charge in [0, 0.05) is 89.5 Å². The molecule has 0 fully saturated rings. The first-order valence-corrected chi connectivity index (χ1v) is 46.3. The van der Waals surface area contributed by atoms with Gasteiger partial charge in [-0.2, -0.15) is 28.0 Å². The Morgan fingerprint density at radius 2 is 0.819 bits per heavy atom. The Balaban J connectivity index is 1.00. The monoisotopic (exact) mass is 1650 g/mol. The number of unbranched alkanes of at least 4 members (excludes halogenated alkanes) is 13. The Bertz CT molecular complexity index is 5250. The lowest BCUT2D eigenvalue weighted by Gasteiger charge is -2.26. The number of benzene rings is 6. The number of thiophene rings is 4. The Morgan fingerprint density at radius 3 is 1.20 bits per heavy atom. The van der Waals surface area contributed by atoms with Gasteiger partial charge in [-0.3, -0.25) is 0 Å². The molecule has 116 heavy (non-hydrogen) atoms. The molecule has 0 radical (unpaired) electrons. The topological polar surface area (TPSA) is 186 Å². The quantitative estimate of drug-likeness (QED) is 0.0210. The van der Waals surface area contributed by atoms with Crippen LogP contribution < -0.4 is 9.64 Å². The van der Waals surface area contributed by atoms with Crippen LogP contribution in [0.15, 0.2) is 145 Å². The Labute approximate surface area is 709 Å². The zero-order chi connectivity index (χ0) is 81.5. The van der Waals surface area contributed by atoms with Crippen LogP contribution in [0, 0.1) is 42.4 Å². The van der Waals surface area contributed by atoms with Gasteiger partial charge < -0.3 is 19.8 Å². The summed E-state index contributed by atoms with van der Waals surface area (Å²) in [4.78, 5) is 34.6. The first-order chi connectivity index (χ1) is 56.6. The van der Waals surface area contributed by atoms with Crippen LogP contribution in [0.25, 0.3) is 111 Å². The summed E-state index contributed by atoms with van der Waals surface area (Å²) < 4.78 is 27.6. The van der Waals surface area contributed by atoms with E-state index in [1.807, 2.05) is 12.1 Å². The van der Waals surface area contributed by atoms with Crippen LogP contribution in [0.1, 0.15) is 234 Å². The lowest BCUT2D eigenvalue weighted by molar-refractivity contribution is -0.133. The third kappa shape index (κ3) is 21.5. The second-order valence-electron chi connectivity index (χ2n) is 30.4. The van der Waals surface area contributed by atoms with E-state index in [0.717, 1.165) is 284 Å². The number of carboxylic acids is 2. The van der Waals surface area contributed by atoms with Gasteiger partial charge in [-0.15, -0.1) is 45.3 Å². The predicted octanol–water partition coefficient (Wildman–Crippen LogP) is 29.8. The van der Waals surface area contributed by atoms with Crippen LogP contribution in [0.4, 0.5) is 17.1 Å². The van der Waals surface area contributed by atoms with Crippen LogP contribution in [-0.4, -0.2) is 46.3 Å². The zero-order valence-electron chi connectivity index (χ0n) is 68.1. The fourth-order valence-electron chi connectivity index (χ4n) is 15.1. The van der Waals surface area contributed by atoms with Gasteiger partial charge in [0.05, 0.1) is 30.1 Å². The summed E-state index contributed by atoms with van der Waals surface area (Å²) in [5, 5.41) is 39.4. The van der Waals surface area contributed by atoms with Gasteiger partial charge in [0.25, 0.3) is 0 Å². The average molecular weight is 1650 g/mol. The van der Waals surface area contributed by atoms with E-state index in [-0.39, 0.29) is 11.1 Å². The summed E-state index contributed by atoms with van der Waals surface area (Å²) in [5.41, 5.74) is 21.2. The number of aromatic nitrogens is 4. The summed E-state index contributed by atoms with van der Waals surface area (Å²) in [6.45, 7) is 18.3. The van der Waals surface area contributed by atoms with E-state index in [9.17, 15) is 30.3 Å². The number of ether oxygens (including phenoxy) is 1. The Kier molecular flexibility index (Phi) is 31.3. The van der Waals surface area contributed by atoms with Crippen molar-refractivity contribution >= 4 is 156 Å². The molecule has 598 valence electrons. The second-order valence-corrected chi connectivity index (χ2v) is 35.8. The SMILES string of the molecule is CCCCCCc1cc(-c2ccc(-c3sc(/C=C(/C#N)C(=O)O)cc3CCCCCC)c3nsnc23)sc1/C=C/c1cc(-c2ccc(N(c3ccc(C)cc3)c3ccc(C)cc3)cc2)cc(/C=C/c2sc(-c3ccc(-c4sc(/C=C(/C#N)C(=O)O)cc4CCCCCC)c4nsnc34)cc2CCCCCC)c1OCC(CC)CCCC. The van der Waals surface area contributed by atoms with Crippen LogP contribution in [0.3, 0.4) is 0 Å². The van der Waals surface area contributed by atoms with Crippen molar-refractivity contribution in [1.82, 2.24) is 17.5 Å². The number of carbonyl (C=O) groups is 2. The van der Waals surface area contributed by atoms with Gasteiger partial charge in [-0.05, 0) is 220 Å². The van der Waals surface area contributed by atoms with E-state index in [2.05, 4.69) is 218 Å². The highest BCUT2D eigenvalue weighted by Gasteiger charge is 2.25. The molecule has 0 aliphatic carbocycles. The number of aliphatic carboxylic acids is 2. The van der Waals surface area contributed by atoms with Crippen LogP contribution in [0.2, 0.25) is 0 Å². The van der Waals surface area contributed by atoms with Crippen molar-refractivity contribution in [2.75, 3.05) is 11.5 Å². The van der Waals surface area contributed by atoms with E-state index in [1.165, 1.54) is 90.3 Å². The van der Waals surface area contributed by atoms with Gasteiger partial charge in [-0.25, -0.2) is 9.59 Å². The maximum absolute atomic E-state index is 12.1. The van der Waals surface area contributed by atoms with Crippen molar-refractivity contribution in [1.29, 1.82) is 10.5 Å². The number of hydrogen-bond donors (Lipinski definition) is 2. The molecule has 0 spiro atoms. The van der Waals surface area contributed by atoms with E-state index in [4.69, 9.17) is 22.2 Å². The number of carboxylic acid groups (broad SMARTS) is 2. The van der Waals surface area contributed by atoms with Gasteiger partial charge in [0.2, 0.25) is 0 Å². The Hall–Kier alpha value is -9.76. The highest BCUT2D eigenvalue weighted by Crippen LogP contribution is 2.48. The van der Waals surface area contributed by atoms with Gasteiger partial charge in [0.15, 0.2) is 0 Å². The van der Waals surface area contributed by atoms with Crippen LogP contribution >= 0.6 is 68.8 Å². The molecule has 12 nitrogen and oxygen atoms in total. The zero-order valence-corrected chi connectivity index (χ0v) is 73.0. The molecule has 1 unspecified atom stereocenters. The molecule has 2 N–H and O–H groups in total. The number of aryl methyl sites for hydroxylation is 6. The maximum atomic E-state index is 12.1. The largest absolute Gasteiger partial charge is 0.492 e.